The molecule has 2 nitrogen and oxygen atoms in total. The molecule has 0 spiro atoms. The fourth-order valence-electron chi connectivity index (χ4n) is 2.76. The molecule has 3 aromatic carbocycles. The van der Waals surface area contributed by atoms with Crippen LogP contribution in [0.5, 0.6) is 11.5 Å². The van der Waals surface area contributed by atoms with E-state index in [9.17, 15) is 10.2 Å². The van der Waals surface area contributed by atoms with Crippen molar-refractivity contribution >= 4 is 0 Å². The van der Waals surface area contributed by atoms with Gasteiger partial charge in [-0.15, -0.1) is 0 Å². The van der Waals surface area contributed by atoms with E-state index in [-0.39, 0.29) is 11.5 Å². The molecule has 0 heterocycles. The summed E-state index contributed by atoms with van der Waals surface area (Å²) in [6.07, 6.45) is 0. The van der Waals surface area contributed by atoms with Crippen LogP contribution in [0.15, 0.2) is 60.7 Å². The van der Waals surface area contributed by atoms with E-state index in [1.54, 1.807) is 12.1 Å². The number of hydrogen-bond donors (Lipinski definition) is 2. The van der Waals surface area contributed by atoms with Crippen LogP contribution in [0.1, 0.15) is 11.1 Å². The fourth-order valence-corrected chi connectivity index (χ4v) is 2.76. The maximum Gasteiger partial charge on any atom is 0.124 e. The van der Waals surface area contributed by atoms with Gasteiger partial charge in [-0.25, -0.2) is 0 Å². The lowest BCUT2D eigenvalue weighted by molar-refractivity contribution is 0.463. The van der Waals surface area contributed by atoms with Gasteiger partial charge in [0.05, 0.1) is 0 Å². The van der Waals surface area contributed by atoms with Crippen molar-refractivity contribution in [3.05, 3.63) is 71.8 Å². The van der Waals surface area contributed by atoms with Crippen molar-refractivity contribution in [2.45, 2.75) is 13.8 Å². The van der Waals surface area contributed by atoms with E-state index in [1.807, 2.05) is 56.3 Å². The Morgan fingerprint density at radius 1 is 0.636 bits per heavy atom. The summed E-state index contributed by atoms with van der Waals surface area (Å²) in [5.74, 6) is 0.336. The highest BCUT2D eigenvalue weighted by atomic mass is 16.3. The van der Waals surface area contributed by atoms with E-state index >= 15 is 0 Å². The second-order valence-electron chi connectivity index (χ2n) is 5.57. The van der Waals surface area contributed by atoms with Crippen LogP contribution in [-0.2, 0) is 0 Å². The summed E-state index contributed by atoms with van der Waals surface area (Å²) in [7, 11) is 0. The van der Waals surface area contributed by atoms with Gasteiger partial charge in [0.25, 0.3) is 0 Å². The number of phenols is 2. The van der Waals surface area contributed by atoms with Crippen molar-refractivity contribution in [3.63, 3.8) is 0 Å². The first-order valence-electron chi connectivity index (χ1n) is 7.25. The first kappa shape index (κ1) is 14.2. The van der Waals surface area contributed by atoms with Gasteiger partial charge in [-0.2, -0.15) is 0 Å². The van der Waals surface area contributed by atoms with E-state index < -0.39 is 0 Å². The molecule has 0 aliphatic rings. The molecule has 110 valence electrons. The van der Waals surface area contributed by atoms with Crippen LogP contribution in [0.25, 0.3) is 22.3 Å². The maximum absolute atomic E-state index is 10.4. The number of hydrogen-bond acceptors (Lipinski definition) is 2. The molecule has 0 aliphatic heterocycles. The molecule has 0 aliphatic carbocycles. The number of aromatic hydroxyl groups is 2. The highest BCUT2D eigenvalue weighted by Crippen LogP contribution is 2.40. The summed E-state index contributed by atoms with van der Waals surface area (Å²) < 4.78 is 0. The SMILES string of the molecule is Cc1ccc(-c2cc(O)c(-c3ccccc3)cc2O)c(C)c1. The molecule has 3 aromatic rings. The van der Waals surface area contributed by atoms with Crippen molar-refractivity contribution in [2.75, 3.05) is 0 Å². The zero-order chi connectivity index (χ0) is 15.7. The molecule has 22 heavy (non-hydrogen) atoms. The highest BCUT2D eigenvalue weighted by molar-refractivity contribution is 5.81. The van der Waals surface area contributed by atoms with Gasteiger partial charge in [0.2, 0.25) is 0 Å². The Bertz CT molecular complexity index is 821. The van der Waals surface area contributed by atoms with Gasteiger partial charge >= 0.3 is 0 Å². The van der Waals surface area contributed by atoms with Crippen molar-refractivity contribution in [1.29, 1.82) is 0 Å². The van der Waals surface area contributed by atoms with Crippen LogP contribution in [0.3, 0.4) is 0 Å². The lowest BCUT2D eigenvalue weighted by Crippen LogP contribution is -1.87. The van der Waals surface area contributed by atoms with E-state index in [4.69, 9.17) is 0 Å². The fraction of sp³-hybridized carbons (Fsp3) is 0.100. The minimum Gasteiger partial charge on any atom is -0.507 e. The summed E-state index contributed by atoms with van der Waals surface area (Å²) in [5, 5.41) is 20.8. The molecule has 0 amide bonds. The van der Waals surface area contributed by atoms with Crippen LogP contribution < -0.4 is 0 Å². The monoisotopic (exact) mass is 290 g/mol. The molecule has 0 radical (unpaired) electrons. The summed E-state index contributed by atoms with van der Waals surface area (Å²) in [6, 6.07) is 18.9. The number of aryl methyl sites for hydroxylation is 2. The van der Waals surface area contributed by atoms with Crippen molar-refractivity contribution in [1.82, 2.24) is 0 Å². The number of phenolic OH excluding ortho intramolecular Hbond substituents is 2. The maximum atomic E-state index is 10.4. The summed E-state index contributed by atoms with van der Waals surface area (Å²) >= 11 is 0. The average molecular weight is 290 g/mol. The molecule has 3 rings (SSSR count). The van der Waals surface area contributed by atoms with Gasteiger partial charge in [0.1, 0.15) is 11.5 Å². The lowest BCUT2D eigenvalue weighted by Gasteiger charge is -2.13. The van der Waals surface area contributed by atoms with Crippen LogP contribution in [0, 0.1) is 13.8 Å². The van der Waals surface area contributed by atoms with Gasteiger partial charge < -0.3 is 10.2 Å². The number of benzene rings is 3. The van der Waals surface area contributed by atoms with Crippen molar-refractivity contribution in [2.24, 2.45) is 0 Å². The van der Waals surface area contributed by atoms with Crippen LogP contribution in [0.4, 0.5) is 0 Å². The Morgan fingerprint density at radius 3 is 1.95 bits per heavy atom. The molecule has 0 bridgehead atoms. The number of rotatable bonds is 2. The summed E-state index contributed by atoms with van der Waals surface area (Å²) in [5.41, 5.74) is 5.33. The molecule has 2 heteroatoms. The second-order valence-corrected chi connectivity index (χ2v) is 5.57. The average Bonchev–Trinajstić information content (AvgIpc) is 2.50. The third-order valence-corrected chi connectivity index (χ3v) is 3.87. The Morgan fingerprint density at radius 2 is 1.27 bits per heavy atom. The lowest BCUT2D eigenvalue weighted by atomic mass is 9.95. The molecule has 0 saturated carbocycles. The predicted octanol–water partition coefficient (Wildman–Crippen LogP) is 5.05. The standard InChI is InChI=1S/C20H18O2/c1-13-8-9-16(14(2)10-13)18-12-19(21)17(11-20(18)22)15-6-4-3-5-7-15/h3-12,21-22H,1-2H3. The molecule has 0 fully saturated rings. The van der Waals surface area contributed by atoms with Gasteiger partial charge in [0, 0.05) is 11.1 Å². The minimum absolute atomic E-state index is 0.166. The molecule has 2 N–H and O–H groups in total. The zero-order valence-electron chi connectivity index (χ0n) is 12.7. The molecule has 0 unspecified atom stereocenters. The van der Waals surface area contributed by atoms with Crippen LogP contribution in [-0.4, -0.2) is 10.2 Å². The third kappa shape index (κ3) is 2.56. The first-order valence-corrected chi connectivity index (χ1v) is 7.25. The summed E-state index contributed by atoms with van der Waals surface area (Å²) in [4.78, 5) is 0. The minimum atomic E-state index is 0.166. The Hall–Kier alpha value is -2.74. The molecular weight excluding hydrogens is 272 g/mol. The van der Waals surface area contributed by atoms with Crippen molar-refractivity contribution in [3.8, 4) is 33.8 Å². The van der Waals surface area contributed by atoms with Crippen LogP contribution in [0.2, 0.25) is 0 Å². The summed E-state index contributed by atoms with van der Waals surface area (Å²) in [6.45, 7) is 4.04. The van der Waals surface area contributed by atoms with Gasteiger partial charge in [-0.05, 0) is 42.7 Å². The van der Waals surface area contributed by atoms with E-state index in [2.05, 4.69) is 6.07 Å². The predicted molar refractivity (Wildman–Crippen MR) is 90.1 cm³/mol. The van der Waals surface area contributed by atoms with Gasteiger partial charge in [-0.1, -0.05) is 54.1 Å². The molecular formula is C20H18O2. The first-order chi connectivity index (χ1) is 10.6. The third-order valence-electron chi connectivity index (χ3n) is 3.87. The van der Waals surface area contributed by atoms with Crippen LogP contribution >= 0.6 is 0 Å². The molecule has 0 atom stereocenters. The highest BCUT2D eigenvalue weighted by Gasteiger charge is 2.13. The Balaban J connectivity index is 2.14. The molecule has 0 saturated heterocycles. The Labute approximate surface area is 130 Å². The smallest absolute Gasteiger partial charge is 0.124 e. The van der Waals surface area contributed by atoms with Crippen molar-refractivity contribution < 1.29 is 10.2 Å². The quantitative estimate of drug-likeness (QED) is 0.648. The van der Waals surface area contributed by atoms with E-state index in [0.29, 0.717) is 11.1 Å². The zero-order valence-corrected chi connectivity index (χ0v) is 12.7. The van der Waals surface area contributed by atoms with E-state index in [0.717, 1.165) is 16.7 Å². The largest absolute Gasteiger partial charge is 0.507 e. The van der Waals surface area contributed by atoms with Gasteiger partial charge in [0.15, 0.2) is 0 Å². The normalized spacial score (nSPS) is 10.6. The topological polar surface area (TPSA) is 40.5 Å². The Kier molecular flexibility index (Phi) is 3.60. The molecule has 0 aromatic heterocycles. The van der Waals surface area contributed by atoms with Gasteiger partial charge in [-0.3, -0.25) is 0 Å². The second kappa shape index (κ2) is 5.57. The van der Waals surface area contributed by atoms with E-state index in [1.165, 1.54) is 5.56 Å².